The van der Waals surface area contributed by atoms with Crippen LogP contribution in [0.15, 0.2) is 46.0 Å². The smallest absolute Gasteiger partial charge is 0.283 e. The number of amides is 2. The number of carbonyl (C=O) groups is 2. The van der Waals surface area contributed by atoms with Crippen LogP contribution in [0.25, 0.3) is 11.8 Å². The van der Waals surface area contributed by atoms with Gasteiger partial charge in [0.25, 0.3) is 5.91 Å². The third-order valence-corrected chi connectivity index (χ3v) is 7.51. The molecule has 3 aliphatic rings. The number of hydrogen-bond acceptors (Lipinski definition) is 6. The molecule has 0 atom stereocenters. The Balaban J connectivity index is 1.41. The van der Waals surface area contributed by atoms with Gasteiger partial charge in [-0.1, -0.05) is 12.1 Å². The summed E-state index contributed by atoms with van der Waals surface area (Å²) in [5.41, 5.74) is 3.74. The molecule has 0 saturated carbocycles. The van der Waals surface area contributed by atoms with Gasteiger partial charge >= 0.3 is 0 Å². The molecular formula is C26H28N6O3S. The van der Waals surface area contributed by atoms with Gasteiger partial charge in [-0.05, 0) is 74.7 Å². The standard InChI is InChI=1S/C26H28N6O3S/c1-16-13-18(17(2)31(16)20-9-5-6-10-21(20)35-3)14-19-24(27)32-26(28-25(19)34)36-22(29-32)15-23(33)30-11-7-4-8-12-30/h5-6,9-10,13-14,27H,4,7-8,11-12,15H2,1-3H3. The Kier molecular flexibility index (Phi) is 6.53. The number of aliphatic imine (C=N–C) groups is 1. The number of aryl methyl sites for hydroxylation is 1. The third-order valence-electron chi connectivity index (χ3n) is 6.60. The molecule has 4 heterocycles. The van der Waals surface area contributed by atoms with Gasteiger partial charge in [0.15, 0.2) is 5.84 Å². The molecule has 9 nitrogen and oxygen atoms in total. The lowest BCUT2D eigenvalue weighted by Gasteiger charge is -2.26. The first-order valence-corrected chi connectivity index (χ1v) is 12.8. The van der Waals surface area contributed by atoms with Gasteiger partial charge in [-0.25, -0.2) is 0 Å². The first kappa shape index (κ1) is 24.1. The number of nitrogens with one attached hydrogen (secondary N) is 1. The molecule has 3 aliphatic heterocycles. The fraction of sp³-hybridized carbons (Fsp3) is 0.346. The summed E-state index contributed by atoms with van der Waals surface area (Å²) in [4.78, 5) is 31.6. The first-order chi connectivity index (χ1) is 17.4. The summed E-state index contributed by atoms with van der Waals surface area (Å²) in [7, 11) is 1.64. The maximum Gasteiger partial charge on any atom is 0.283 e. The van der Waals surface area contributed by atoms with E-state index in [9.17, 15) is 9.59 Å². The van der Waals surface area contributed by atoms with Crippen LogP contribution >= 0.6 is 11.8 Å². The second kappa shape index (κ2) is 9.77. The first-order valence-electron chi connectivity index (χ1n) is 12.0. The molecule has 186 valence electrons. The number of methoxy groups -OCH3 is 1. The summed E-state index contributed by atoms with van der Waals surface area (Å²) >= 11 is 1.19. The maximum absolute atomic E-state index is 12.9. The van der Waals surface area contributed by atoms with E-state index in [-0.39, 0.29) is 23.7 Å². The molecule has 1 N–H and O–H groups in total. The zero-order valence-electron chi connectivity index (χ0n) is 20.6. The molecule has 36 heavy (non-hydrogen) atoms. The van der Waals surface area contributed by atoms with Gasteiger partial charge in [0.1, 0.15) is 10.8 Å². The highest BCUT2D eigenvalue weighted by Gasteiger charge is 2.36. The van der Waals surface area contributed by atoms with Crippen LogP contribution < -0.4 is 4.74 Å². The van der Waals surface area contributed by atoms with Crippen molar-refractivity contribution in [1.29, 1.82) is 5.41 Å². The number of para-hydroxylation sites is 2. The van der Waals surface area contributed by atoms with Gasteiger partial charge in [0.2, 0.25) is 11.1 Å². The van der Waals surface area contributed by atoms with Crippen LogP contribution in [0.2, 0.25) is 0 Å². The quantitative estimate of drug-likeness (QED) is 0.617. The van der Waals surface area contributed by atoms with E-state index in [1.165, 1.54) is 16.8 Å². The molecule has 0 spiro atoms. The maximum atomic E-state index is 12.9. The number of nitrogens with zero attached hydrogens (tertiary/aromatic N) is 5. The normalized spacial score (nSPS) is 18.9. The predicted molar refractivity (Wildman–Crippen MR) is 142 cm³/mol. The average molecular weight is 505 g/mol. The number of carbonyl (C=O) groups excluding carboxylic acids is 2. The van der Waals surface area contributed by atoms with Crippen molar-refractivity contribution in [2.45, 2.75) is 39.5 Å². The van der Waals surface area contributed by atoms with Crippen LogP contribution in [0.3, 0.4) is 0 Å². The molecule has 2 amide bonds. The van der Waals surface area contributed by atoms with Crippen LogP contribution in [0.4, 0.5) is 0 Å². The summed E-state index contributed by atoms with van der Waals surface area (Å²) < 4.78 is 7.59. The van der Waals surface area contributed by atoms with Crippen molar-refractivity contribution >= 4 is 45.7 Å². The number of thioether (sulfide) groups is 1. The summed E-state index contributed by atoms with van der Waals surface area (Å²) in [5.74, 6) is 0.239. The van der Waals surface area contributed by atoms with Crippen LogP contribution in [0, 0.1) is 19.3 Å². The second-order valence-electron chi connectivity index (χ2n) is 8.97. The van der Waals surface area contributed by atoms with Crippen molar-refractivity contribution in [3.63, 3.8) is 0 Å². The number of fused-ring (bicyclic) bond motifs is 1. The van der Waals surface area contributed by atoms with E-state index in [2.05, 4.69) is 14.7 Å². The molecule has 5 rings (SSSR count). The molecule has 0 radical (unpaired) electrons. The Morgan fingerprint density at radius 1 is 1.19 bits per heavy atom. The van der Waals surface area contributed by atoms with Gasteiger partial charge in [-0.2, -0.15) is 15.1 Å². The fourth-order valence-corrected chi connectivity index (χ4v) is 5.64. The Bertz CT molecular complexity index is 1350. The van der Waals surface area contributed by atoms with Crippen molar-refractivity contribution in [2.24, 2.45) is 10.1 Å². The van der Waals surface area contributed by atoms with Crippen LogP contribution in [-0.2, 0) is 9.59 Å². The van der Waals surface area contributed by atoms with Crippen LogP contribution in [0.1, 0.15) is 42.6 Å². The molecule has 0 aliphatic carbocycles. The zero-order valence-corrected chi connectivity index (χ0v) is 21.4. The lowest BCUT2D eigenvalue weighted by Crippen LogP contribution is -2.36. The van der Waals surface area contributed by atoms with Crippen molar-refractivity contribution in [2.75, 3.05) is 20.2 Å². The SMILES string of the molecule is COc1ccccc1-n1c(C)cc(C=C2C(=N)N3N=C(CC(=O)N4CCCCC4)SC3=NC2=O)c1C. The Morgan fingerprint density at radius 2 is 1.94 bits per heavy atom. The predicted octanol–water partition coefficient (Wildman–Crippen LogP) is 4.12. The van der Waals surface area contributed by atoms with Gasteiger partial charge in [-0.15, -0.1) is 0 Å². The Morgan fingerprint density at radius 3 is 2.69 bits per heavy atom. The van der Waals surface area contributed by atoms with E-state index < -0.39 is 5.91 Å². The van der Waals surface area contributed by atoms with Gasteiger partial charge in [0, 0.05) is 24.5 Å². The van der Waals surface area contributed by atoms with Gasteiger partial charge in [-0.3, -0.25) is 15.0 Å². The fourth-order valence-electron chi connectivity index (χ4n) is 4.76. The van der Waals surface area contributed by atoms with E-state index >= 15 is 0 Å². The summed E-state index contributed by atoms with van der Waals surface area (Å²) in [6.07, 6.45) is 5.04. The van der Waals surface area contributed by atoms with E-state index in [0.29, 0.717) is 10.2 Å². The monoisotopic (exact) mass is 504 g/mol. The number of ether oxygens (including phenoxy) is 1. The minimum Gasteiger partial charge on any atom is -0.495 e. The van der Waals surface area contributed by atoms with Crippen molar-refractivity contribution in [3.8, 4) is 11.4 Å². The minimum absolute atomic E-state index is 0.0267. The highest BCUT2D eigenvalue weighted by molar-refractivity contribution is 8.27. The molecule has 1 fully saturated rings. The van der Waals surface area contributed by atoms with Gasteiger partial charge in [0.05, 0.1) is 24.8 Å². The van der Waals surface area contributed by atoms with Gasteiger partial charge < -0.3 is 14.2 Å². The second-order valence-corrected chi connectivity index (χ2v) is 10.0. The number of hydrogen-bond donors (Lipinski definition) is 1. The molecule has 1 aromatic carbocycles. The van der Waals surface area contributed by atoms with E-state index in [1.807, 2.05) is 49.1 Å². The molecule has 0 unspecified atom stereocenters. The van der Waals surface area contributed by atoms with Crippen molar-refractivity contribution in [1.82, 2.24) is 14.5 Å². The third kappa shape index (κ3) is 4.37. The summed E-state index contributed by atoms with van der Waals surface area (Å²) in [5, 5.41) is 15.4. The largest absolute Gasteiger partial charge is 0.495 e. The van der Waals surface area contributed by atoms with E-state index in [0.717, 1.165) is 60.7 Å². The molecule has 0 bridgehead atoms. The van der Waals surface area contributed by atoms with Crippen molar-refractivity contribution < 1.29 is 14.3 Å². The molecule has 10 heteroatoms. The van der Waals surface area contributed by atoms with E-state index in [4.69, 9.17) is 10.1 Å². The highest BCUT2D eigenvalue weighted by atomic mass is 32.2. The van der Waals surface area contributed by atoms with Crippen LogP contribution in [-0.4, -0.2) is 62.5 Å². The minimum atomic E-state index is -0.486. The average Bonchev–Trinajstić information content (AvgIpc) is 3.41. The number of likely N-dealkylation sites (tertiary alicyclic amines) is 1. The Hall–Kier alpha value is -3.66. The van der Waals surface area contributed by atoms with E-state index in [1.54, 1.807) is 13.2 Å². The topological polar surface area (TPSA) is 103 Å². The zero-order chi connectivity index (χ0) is 25.4. The number of piperidine rings is 1. The number of rotatable bonds is 5. The lowest BCUT2D eigenvalue weighted by atomic mass is 10.1. The summed E-state index contributed by atoms with van der Waals surface area (Å²) in [6.45, 7) is 5.50. The number of benzene rings is 1. The number of amidine groups is 2. The Labute approximate surface area is 214 Å². The number of hydrazone groups is 1. The molecule has 2 aromatic rings. The number of aromatic nitrogens is 1. The van der Waals surface area contributed by atoms with Crippen molar-refractivity contribution in [3.05, 3.63) is 52.9 Å². The summed E-state index contributed by atoms with van der Waals surface area (Å²) in [6, 6.07) is 9.71. The molecular weight excluding hydrogens is 476 g/mol. The molecule has 1 saturated heterocycles. The van der Waals surface area contributed by atoms with Crippen LogP contribution in [0.5, 0.6) is 5.75 Å². The highest BCUT2D eigenvalue weighted by Crippen LogP contribution is 2.32. The lowest BCUT2D eigenvalue weighted by molar-refractivity contribution is -0.130. The molecule has 1 aromatic heterocycles.